The summed E-state index contributed by atoms with van der Waals surface area (Å²) >= 11 is 0. The first kappa shape index (κ1) is 39.6. The number of carbonyl (C=O) groups is 2. The molecule has 0 radical (unpaired) electrons. The van der Waals surface area contributed by atoms with Crippen molar-refractivity contribution in [2.45, 2.75) is 64.1 Å². The molecule has 0 bridgehead atoms. The zero-order valence-corrected chi connectivity index (χ0v) is 25.6. The van der Waals surface area contributed by atoms with E-state index >= 15 is 0 Å². The van der Waals surface area contributed by atoms with Crippen LogP contribution in [0.5, 0.6) is 0 Å². The summed E-state index contributed by atoms with van der Waals surface area (Å²) in [5.41, 5.74) is -4.02. The van der Waals surface area contributed by atoms with E-state index in [1.807, 2.05) is 0 Å². The monoisotopic (exact) mass is 689 g/mol. The number of benzene rings is 1. The lowest BCUT2D eigenvalue weighted by Gasteiger charge is -2.38. The number of carboxylic acids is 1. The number of carboxylic acid groups (broad SMARTS) is 1. The highest BCUT2D eigenvalue weighted by Gasteiger charge is 2.41. The van der Waals surface area contributed by atoms with Crippen LogP contribution in [0.2, 0.25) is 0 Å². The molecule has 1 aliphatic carbocycles. The molecule has 2 fully saturated rings. The molecule has 47 heavy (non-hydrogen) atoms. The van der Waals surface area contributed by atoms with E-state index < -0.39 is 53.8 Å². The fourth-order valence-corrected chi connectivity index (χ4v) is 5.42. The number of alkyl halides is 9. The van der Waals surface area contributed by atoms with Crippen LogP contribution in [-0.4, -0.2) is 72.0 Å². The van der Waals surface area contributed by atoms with Crippen LogP contribution in [0.15, 0.2) is 35.1 Å². The predicted octanol–water partition coefficient (Wildman–Crippen LogP) is 5.58. The third-order valence-corrected chi connectivity index (χ3v) is 7.63. The van der Waals surface area contributed by atoms with E-state index in [4.69, 9.17) is 9.84 Å². The maximum atomic E-state index is 13.2. The Kier molecular flexibility index (Phi) is 14.8. The Morgan fingerprint density at radius 1 is 0.979 bits per heavy atom. The van der Waals surface area contributed by atoms with Gasteiger partial charge >= 0.3 is 25.0 Å². The first-order valence-electron chi connectivity index (χ1n) is 14.5. The van der Waals surface area contributed by atoms with Crippen LogP contribution in [0.4, 0.5) is 39.5 Å². The van der Waals surface area contributed by atoms with E-state index in [0.717, 1.165) is 64.6 Å². The highest BCUT2D eigenvalue weighted by molar-refractivity contribution is 5.82. The molecule has 2 aromatic rings. The summed E-state index contributed by atoms with van der Waals surface area (Å²) in [6.07, 6.45) is -6.78. The van der Waals surface area contributed by atoms with E-state index in [9.17, 15) is 53.9 Å². The van der Waals surface area contributed by atoms with E-state index in [0.29, 0.717) is 11.6 Å². The number of rotatable bonds is 6. The molecule has 8 nitrogen and oxygen atoms in total. The van der Waals surface area contributed by atoms with Crippen molar-refractivity contribution in [3.63, 3.8) is 0 Å². The Hall–Kier alpha value is -3.60. The fourth-order valence-electron chi connectivity index (χ4n) is 5.42. The number of ether oxygens (including phenoxy) is 1. The summed E-state index contributed by atoms with van der Waals surface area (Å²) in [5, 5.41) is 11.0. The summed E-state index contributed by atoms with van der Waals surface area (Å²) in [5.74, 6) is -1.12. The predicted molar refractivity (Wildman–Crippen MR) is 152 cm³/mol. The van der Waals surface area contributed by atoms with Gasteiger partial charge in [-0.05, 0) is 44.2 Å². The quantitative estimate of drug-likeness (QED) is 0.385. The Morgan fingerprint density at radius 2 is 1.55 bits per heavy atom. The molecule has 0 atom stereocenters. The van der Waals surface area contributed by atoms with E-state index in [1.165, 1.54) is 6.07 Å². The number of amides is 1. The lowest BCUT2D eigenvalue weighted by molar-refractivity contribution is -0.148. The molecule has 2 N–H and O–H groups in total. The molecule has 1 aliphatic heterocycles. The molecule has 264 valence electrons. The van der Waals surface area contributed by atoms with Crippen LogP contribution in [0.25, 0.3) is 0 Å². The van der Waals surface area contributed by atoms with Crippen molar-refractivity contribution in [2.75, 3.05) is 32.8 Å². The number of aryl methyl sites for hydroxylation is 1. The first-order chi connectivity index (χ1) is 21.8. The SMILES string of the molecule is Cc1cccc(Cc2c(C(F)(F)F)cc(C(F)(F)F)n(C)c2=O)c1.FC(F)F.O=C(O)CNC(=O)C1CCC(N2CCOCC2)CC1. The van der Waals surface area contributed by atoms with Gasteiger partial charge in [0.05, 0.1) is 18.8 Å². The van der Waals surface area contributed by atoms with Crippen molar-refractivity contribution in [1.29, 1.82) is 0 Å². The molecule has 1 saturated heterocycles. The molecular formula is C30H36F9N3O5. The van der Waals surface area contributed by atoms with Gasteiger partial charge in [0.1, 0.15) is 12.2 Å². The van der Waals surface area contributed by atoms with Crippen molar-refractivity contribution >= 4 is 11.9 Å². The number of nitrogens with zero attached hydrogens (tertiary/aromatic N) is 2. The molecule has 1 aromatic carbocycles. The average molecular weight is 690 g/mol. The fraction of sp³-hybridized carbons (Fsp3) is 0.567. The Balaban J connectivity index is 0.000000299. The number of nitrogens with one attached hydrogen (secondary N) is 1. The molecule has 4 rings (SSSR count). The van der Waals surface area contributed by atoms with Gasteiger partial charge in [0, 0.05) is 44.1 Å². The smallest absolute Gasteiger partial charge is 0.431 e. The zero-order valence-electron chi connectivity index (χ0n) is 25.6. The van der Waals surface area contributed by atoms with E-state index in [1.54, 1.807) is 25.1 Å². The molecule has 17 heteroatoms. The summed E-state index contributed by atoms with van der Waals surface area (Å²) in [7, 11) is 0.811. The van der Waals surface area contributed by atoms with Crippen LogP contribution in [0.1, 0.15) is 53.6 Å². The normalized spacial score (nSPS) is 18.8. The molecule has 1 amide bonds. The minimum absolute atomic E-state index is 0.00741. The van der Waals surface area contributed by atoms with E-state index in [2.05, 4.69) is 10.2 Å². The number of carbonyl (C=O) groups excluding carboxylic acids is 1. The first-order valence-corrected chi connectivity index (χ1v) is 14.5. The highest BCUT2D eigenvalue weighted by atomic mass is 19.4. The number of aromatic nitrogens is 1. The van der Waals surface area contributed by atoms with Gasteiger partial charge in [-0.1, -0.05) is 29.8 Å². The third kappa shape index (κ3) is 12.8. The van der Waals surface area contributed by atoms with Crippen molar-refractivity contribution in [1.82, 2.24) is 14.8 Å². The van der Waals surface area contributed by atoms with Crippen molar-refractivity contribution in [2.24, 2.45) is 13.0 Å². The minimum atomic E-state index is -5.06. The number of aliphatic carboxylic acids is 1. The van der Waals surface area contributed by atoms with Gasteiger partial charge in [-0.25, -0.2) is 0 Å². The molecule has 2 heterocycles. The maximum Gasteiger partial charge on any atom is 0.431 e. The number of hydrogen-bond acceptors (Lipinski definition) is 5. The number of hydrogen-bond donors (Lipinski definition) is 2. The van der Waals surface area contributed by atoms with Gasteiger partial charge in [-0.15, -0.1) is 0 Å². The lowest BCUT2D eigenvalue weighted by Crippen LogP contribution is -2.46. The minimum Gasteiger partial charge on any atom is -0.480 e. The molecular weight excluding hydrogens is 653 g/mol. The van der Waals surface area contributed by atoms with Crippen LogP contribution in [0.3, 0.4) is 0 Å². The van der Waals surface area contributed by atoms with Crippen LogP contribution in [0, 0.1) is 12.8 Å². The average Bonchev–Trinajstić information content (AvgIpc) is 2.97. The summed E-state index contributed by atoms with van der Waals surface area (Å²) in [6, 6.07) is 6.98. The Labute approximate surface area is 264 Å². The molecule has 0 spiro atoms. The maximum absolute atomic E-state index is 13.2. The lowest BCUT2D eigenvalue weighted by atomic mass is 9.84. The molecule has 1 saturated carbocycles. The van der Waals surface area contributed by atoms with Crippen molar-refractivity contribution in [3.8, 4) is 0 Å². The Morgan fingerprint density at radius 3 is 2.04 bits per heavy atom. The number of morpholine rings is 1. The second-order valence-corrected chi connectivity index (χ2v) is 11.0. The molecule has 2 aliphatic rings. The second-order valence-electron chi connectivity index (χ2n) is 11.0. The van der Waals surface area contributed by atoms with Gasteiger partial charge in [0.25, 0.3) is 5.56 Å². The van der Waals surface area contributed by atoms with E-state index in [-0.39, 0.29) is 29.0 Å². The Bertz CT molecular complexity index is 1380. The third-order valence-electron chi connectivity index (χ3n) is 7.63. The zero-order chi connectivity index (χ0) is 35.5. The molecule has 0 unspecified atom stereocenters. The summed E-state index contributed by atoms with van der Waals surface area (Å²) in [6.45, 7) is 1.36. The van der Waals surface area contributed by atoms with Crippen LogP contribution >= 0.6 is 0 Å². The van der Waals surface area contributed by atoms with Crippen LogP contribution in [-0.2, 0) is 40.1 Å². The standard InChI is InChI=1S/C16H13F6NO.C13H22N2O4.CHF3/c1-9-4-3-5-10(6-9)7-11-12(15(17,18)19)8-13(16(20,21)22)23(2)14(11)24;16-12(17)9-14-13(18)10-1-3-11(4-2-10)15-5-7-19-8-6-15;2-1(3)4/h3-6,8H,7H2,1-2H3;10-11H,1-9H2,(H,14,18)(H,16,17);1H. The molecule has 1 aromatic heterocycles. The summed E-state index contributed by atoms with van der Waals surface area (Å²) in [4.78, 5) is 36.8. The number of halogens is 9. The van der Waals surface area contributed by atoms with Gasteiger partial charge < -0.3 is 19.7 Å². The van der Waals surface area contributed by atoms with Crippen molar-refractivity contribution < 1.29 is 58.9 Å². The van der Waals surface area contributed by atoms with Gasteiger partial charge in [-0.2, -0.15) is 39.5 Å². The highest BCUT2D eigenvalue weighted by Crippen LogP contribution is 2.36. The van der Waals surface area contributed by atoms with Crippen LogP contribution < -0.4 is 10.9 Å². The largest absolute Gasteiger partial charge is 0.480 e. The van der Waals surface area contributed by atoms with Gasteiger partial charge in [0.15, 0.2) is 0 Å². The van der Waals surface area contributed by atoms with Gasteiger partial charge in [0.2, 0.25) is 5.91 Å². The summed E-state index contributed by atoms with van der Waals surface area (Å²) < 4.78 is 113. The van der Waals surface area contributed by atoms with Gasteiger partial charge in [-0.3, -0.25) is 19.3 Å². The second kappa shape index (κ2) is 17.5. The topological polar surface area (TPSA) is 101 Å². The van der Waals surface area contributed by atoms with Crippen molar-refractivity contribution in [3.05, 3.63) is 68.6 Å². The number of pyridine rings is 1.